The zero-order valence-electron chi connectivity index (χ0n) is 14.1. The summed E-state index contributed by atoms with van der Waals surface area (Å²) in [6.07, 6.45) is 0. The Hall–Kier alpha value is -3.61. The number of aromatic nitrogens is 2. The molecule has 0 atom stereocenters. The van der Waals surface area contributed by atoms with Gasteiger partial charge in [-0.1, -0.05) is 48.5 Å². The molecule has 0 aliphatic heterocycles. The van der Waals surface area contributed by atoms with Crippen molar-refractivity contribution in [3.05, 3.63) is 92.6 Å². The second kappa shape index (κ2) is 7.52. The van der Waals surface area contributed by atoms with Crippen LogP contribution in [0.1, 0.15) is 18.1 Å². The van der Waals surface area contributed by atoms with Crippen LogP contribution in [0, 0.1) is 0 Å². The molecule has 1 heterocycles. The van der Waals surface area contributed by atoms with Crippen LogP contribution < -0.4 is 16.7 Å². The maximum Gasteiger partial charge on any atom is 0.331 e. The van der Waals surface area contributed by atoms with E-state index in [2.05, 4.69) is 15.5 Å². The van der Waals surface area contributed by atoms with Crippen molar-refractivity contribution in [3.63, 3.8) is 0 Å². The molecular weight excluding hydrogens is 332 g/mol. The lowest BCUT2D eigenvalue weighted by molar-refractivity contribution is 0.408. The van der Waals surface area contributed by atoms with E-state index >= 15 is 0 Å². The normalized spacial score (nSPS) is 11.3. The first kappa shape index (κ1) is 17.2. The second-order valence-electron chi connectivity index (χ2n) is 5.70. The molecule has 0 spiro atoms. The molecule has 0 aliphatic carbocycles. The fourth-order valence-corrected chi connectivity index (χ4v) is 2.52. The summed E-state index contributed by atoms with van der Waals surface area (Å²) in [7, 11) is 0. The molecule has 0 aliphatic rings. The second-order valence-corrected chi connectivity index (χ2v) is 5.70. The minimum absolute atomic E-state index is 0.0519. The van der Waals surface area contributed by atoms with Gasteiger partial charge in [0.15, 0.2) is 0 Å². The van der Waals surface area contributed by atoms with Crippen molar-refractivity contribution >= 4 is 11.4 Å². The minimum atomic E-state index is -0.687. The lowest BCUT2D eigenvalue weighted by Crippen LogP contribution is -2.34. The van der Waals surface area contributed by atoms with Gasteiger partial charge in [0.25, 0.3) is 5.56 Å². The summed E-state index contributed by atoms with van der Waals surface area (Å²) >= 11 is 0. The summed E-state index contributed by atoms with van der Waals surface area (Å²) < 4.78 is 1.10. The third-order valence-electron chi connectivity index (χ3n) is 3.84. The maximum absolute atomic E-state index is 12.2. The van der Waals surface area contributed by atoms with E-state index in [0.717, 1.165) is 15.8 Å². The highest BCUT2D eigenvalue weighted by Crippen LogP contribution is 2.14. The minimum Gasteiger partial charge on any atom is -0.494 e. The van der Waals surface area contributed by atoms with Crippen molar-refractivity contribution in [2.45, 2.75) is 13.5 Å². The highest BCUT2D eigenvalue weighted by molar-refractivity contribution is 6.00. The van der Waals surface area contributed by atoms with Crippen LogP contribution in [0.5, 0.6) is 5.88 Å². The number of para-hydroxylation sites is 1. The van der Waals surface area contributed by atoms with Gasteiger partial charge in [-0.25, -0.2) is 4.79 Å². The predicted octanol–water partition coefficient (Wildman–Crippen LogP) is 2.13. The SMILES string of the molecule is C/C(=N\Nc1ccccc1)c1c(O)n(Cc2ccccc2)c(=O)[nH]c1=O. The Morgan fingerprint density at radius 1 is 1.08 bits per heavy atom. The standard InChI is InChI=1S/C19H18N4O3/c1-13(21-22-15-10-6-3-7-11-15)16-17(24)20-19(26)23(18(16)25)12-14-8-4-2-5-9-14/h2-11,22,25H,12H2,1H3,(H,20,24,26)/b21-13+. The molecule has 0 bridgehead atoms. The first-order valence-corrected chi connectivity index (χ1v) is 8.02. The highest BCUT2D eigenvalue weighted by Gasteiger charge is 2.17. The Morgan fingerprint density at radius 2 is 1.69 bits per heavy atom. The van der Waals surface area contributed by atoms with Crippen LogP contribution in [0.25, 0.3) is 0 Å². The number of H-pyrrole nitrogens is 1. The molecule has 3 N–H and O–H groups in total. The molecule has 0 fully saturated rings. The monoisotopic (exact) mass is 350 g/mol. The predicted molar refractivity (Wildman–Crippen MR) is 101 cm³/mol. The number of anilines is 1. The lowest BCUT2D eigenvalue weighted by Gasteiger charge is -2.11. The quantitative estimate of drug-likeness (QED) is 0.485. The molecular formula is C19H18N4O3. The number of nitrogens with zero attached hydrogens (tertiary/aromatic N) is 2. The van der Waals surface area contributed by atoms with Crippen LogP contribution in [-0.4, -0.2) is 20.4 Å². The Kier molecular flexibility index (Phi) is 4.98. The molecule has 0 radical (unpaired) electrons. The van der Waals surface area contributed by atoms with Crippen molar-refractivity contribution in [2.75, 3.05) is 5.43 Å². The largest absolute Gasteiger partial charge is 0.494 e. The van der Waals surface area contributed by atoms with E-state index in [1.54, 1.807) is 6.92 Å². The topological polar surface area (TPSA) is 99.5 Å². The van der Waals surface area contributed by atoms with Crippen LogP contribution in [0.2, 0.25) is 0 Å². The van der Waals surface area contributed by atoms with E-state index in [-0.39, 0.29) is 17.8 Å². The summed E-state index contributed by atoms with van der Waals surface area (Å²) in [6, 6.07) is 18.4. The van der Waals surface area contributed by atoms with E-state index in [1.165, 1.54) is 0 Å². The van der Waals surface area contributed by atoms with Gasteiger partial charge in [0, 0.05) is 0 Å². The summed E-state index contributed by atoms with van der Waals surface area (Å²) in [5.41, 5.74) is 3.22. The molecule has 3 aromatic rings. The van der Waals surface area contributed by atoms with Gasteiger partial charge in [-0.15, -0.1) is 0 Å². The van der Waals surface area contributed by atoms with Crippen molar-refractivity contribution in [1.82, 2.24) is 9.55 Å². The summed E-state index contributed by atoms with van der Waals surface area (Å²) in [4.78, 5) is 26.5. The summed E-state index contributed by atoms with van der Waals surface area (Å²) in [5, 5.41) is 14.6. The zero-order chi connectivity index (χ0) is 18.5. The van der Waals surface area contributed by atoms with Crippen molar-refractivity contribution < 1.29 is 5.11 Å². The highest BCUT2D eigenvalue weighted by atomic mass is 16.3. The van der Waals surface area contributed by atoms with Gasteiger partial charge in [0.1, 0.15) is 5.56 Å². The molecule has 132 valence electrons. The Morgan fingerprint density at radius 3 is 2.35 bits per heavy atom. The van der Waals surface area contributed by atoms with Gasteiger partial charge >= 0.3 is 5.69 Å². The molecule has 7 nitrogen and oxygen atoms in total. The molecule has 0 amide bonds. The van der Waals surface area contributed by atoms with Crippen LogP contribution in [0.15, 0.2) is 75.4 Å². The van der Waals surface area contributed by atoms with Gasteiger partial charge in [-0.2, -0.15) is 5.10 Å². The fourth-order valence-electron chi connectivity index (χ4n) is 2.52. The number of hydrogen-bond donors (Lipinski definition) is 3. The van der Waals surface area contributed by atoms with Crippen LogP contribution in [0.3, 0.4) is 0 Å². The summed E-state index contributed by atoms with van der Waals surface area (Å²) in [5.74, 6) is -0.418. The van der Waals surface area contributed by atoms with Crippen molar-refractivity contribution in [2.24, 2.45) is 5.10 Å². The van der Waals surface area contributed by atoms with Gasteiger partial charge in [0.2, 0.25) is 5.88 Å². The average molecular weight is 350 g/mol. The van der Waals surface area contributed by atoms with Gasteiger partial charge in [-0.3, -0.25) is 19.8 Å². The molecule has 26 heavy (non-hydrogen) atoms. The van der Waals surface area contributed by atoms with Crippen LogP contribution in [-0.2, 0) is 6.54 Å². The first-order chi connectivity index (χ1) is 12.6. The molecule has 2 aromatic carbocycles. The Labute approximate surface area is 149 Å². The number of aromatic hydroxyl groups is 1. The average Bonchev–Trinajstić information content (AvgIpc) is 2.65. The number of hydrazone groups is 1. The van der Waals surface area contributed by atoms with Crippen molar-refractivity contribution in [1.29, 1.82) is 0 Å². The summed E-state index contributed by atoms with van der Waals surface area (Å²) in [6.45, 7) is 1.71. The van der Waals surface area contributed by atoms with Gasteiger partial charge in [0.05, 0.1) is 17.9 Å². The third-order valence-corrected chi connectivity index (χ3v) is 3.84. The molecule has 1 aromatic heterocycles. The molecule has 3 rings (SSSR count). The first-order valence-electron chi connectivity index (χ1n) is 8.02. The Bertz CT molecular complexity index is 1040. The lowest BCUT2D eigenvalue weighted by atomic mass is 10.2. The van der Waals surface area contributed by atoms with E-state index in [9.17, 15) is 14.7 Å². The third kappa shape index (κ3) is 3.72. The van der Waals surface area contributed by atoms with E-state index < -0.39 is 17.1 Å². The number of hydrogen-bond acceptors (Lipinski definition) is 5. The number of aromatic amines is 1. The Balaban J connectivity index is 1.98. The number of rotatable bonds is 5. The van der Waals surface area contributed by atoms with Crippen LogP contribution in [0.4, 0.5) is 5.69 Å². The fraction of sp³-hybridized carbons (Fsp3) is 0.105. The van der Waals surface area contributed by atoms with Crippen molar-refractivity contribution in [3.8, 4) is 5.88 Å². The smallest absolute Gasteiger partial charge is 0.331 e. The molecule has 0 saturated carbocycles. The number of benzene rings is 2. The molecule has 0 saturated heterocycles. The maximum atomic E-state index is 12.2. The molecule has 0 unspecified atom stereocenters. The van der Waals surface area contributed by atoms with E-state index in [0.29, 0.717) is 0 Å². The molecule has 7 heteroatoms. The zero-order valence-corrected chi connectivity index (χ0v) is 14.1. The van der Waals surface area contributed by atoms with E-state index in [4.69, 9.17) is 0 Å². The van der Waals surface area contributed by atoms with Crippen LogP contribution >= 0.6 is 0 Å². The van der Waals surface area contributed by atoms with Gasteiger partial charge < -0.3 is 5.11 Å². The van der Waals surface area contributed by atoms with E-state index in [1.807, 2.05) is 60.7 Å². The van der Waals surface area contributed by atoms with Gasteiger partial charge in [-0.05, 0) is 24.6 Å². The number of nitrogens with one attached hydrogen (secondary N) is 2.